The van der Waals surface area contributed by atoms with Crippen LogP contribution in [0.4, 0.5) is 5.82 Å². The molecule has 0 N–H and O–H groups in total. The van der Waals surface area contributed by atoms with Gasteiger partial charge in [0.1, 0.15) is 17.0 Å². The second-order valence-corrected chi connectivity index (χ2v) is 11.1. The Labute approximate surface area is 185 Å². The third-order valence-electron chi connectivity index (χ3n) is 6.17. The third-order valence-corrected chi connectivity index (χ3v) is 9.28. The van der Waals surface area contributed by atoms with Crippen molar-refractivity contribution in [3.8, 4) is 0 Å². The van der Waals surface area contributed by atoms with Gasteiger partial charge in [-0.15, -0.1) is 11.3 Å². The zero-order valence-electron chi connectivity index (χ0n) is 17.4. The standard InChI is InChI=1S/C22H24N4O3S2/c1-15(27)16-6-8-17(9-7-16)31(28,29)26-12-10-25(11-13-26)21-20-18-4-2-3-5-19(18)30-22(20)24-14-23-21/h6-9,14H,2-5,10-13H2,1H3. The van der Waals surface area contributed by atoms with Crippen LogP contribution in [-0.4, -0.2) is 54.7 Å². The van der Waals surface area contributed by atoms with Gasteiger partial charge in [-0.25, -0.2) is 18.4 Å². The Kier molecular flexibility index (Phi) is 5.27. The Hall–Kier alpha value is -2.36. The minimum atomic E-state index is -3.59. The lowest BCUT2D eigenvalue weighted by atomic mass is 9.97. The van der Waals surface area contributed by atoms with Crippen LogP contribution in [0.1, 0.15) is 40.6 Å². The van der Waals surface area contributed by atoms with Gasteiger partial charge in [0.2, 0.25) is 10.0 Å². The molecule has 162 valence electrons. The molecule has 1 fully saturated rings. The van der Waals surface area contributed by atoms with E-state index in [-0.39, 0.29) is 10.7 Å². The SMILES string of the molecule is CC(=O)c1ccc(S(=O)(=O)N2CCN(c3ncnc4sc5c(c34)CCCC5)CC2)cc1. The van der Waals surface area contributed by atoms with Gasteiger partial charge in [0.15, 0.2) is 5.78 Å². The highest BCUT2D eigenvalue weighted by molar-refractivity contribution is 7.89. The topological polar surface area (TPSA) is 83.5 Å². The van der Waals surface area contributed by atoms with Crippen LogP contribution in [0.5, 0.6) is 0 Å². The molecule has 5 rings (SSSR count). The van der Waals surface area contributed by atoms with E-state index in [2.05, 4.69) is 14.9 Å². The number of hydrogen-bond donors (Lipinski definition) is 0. The summed E-state index contributed by atoms with van der Waals surface area (Å²) in [7, 11) is -3.59. The monoisotopic (exact) mass is 456 g/mol. The average Bonchev–Trinajstić information content (AvgIpc) is 3.18. The Bertz CT molecular complexity index is 1240. The van der Waals surface area contributed by atoms with Gasteiger partial charge >= 0.3 is 0 Å². The van der Waals surface area contributed by atoms with E-state index in [9.17, 15) is 13.2 Å². The van der Waals surface area contributed by atoms with Gasteiger partial charge in [-0.1, -0.05) is 12.1 Å². The van der Waals surface area contributed by atoms with E-state index in [0.717, 1.165) is 23.5 Å². The molecule has 1 aliphatic heterocycles. The highest BCUT2D eigenvalue weighted by atomic mass is 32.2. The highest BCUT2D eigenvalue weighted by Gasteiger charge is 2.30. The fourth-order valence-corrected chi connectivity index (χ4v) is 7.11. The number of thiophene rings is 1. The number of aromatic nitrogens is 2. The molecule has 0 unspecified atom stereocenters. The first-order valence-corrected chi connectivity index (χ1v) is 12.8. The van der Waals surface area contributed by atoms with Gasteiger partial charge in [0.25, 0.3) is 0 Å². The molecule has 0 atom stereocenters. The van der Waals surface area contributed by atoms with Crippen LogP contribution in [0, 0.1) is 0 Å². The van der Waals surface area contributed by atoms with Crippen molar-refractivity contribution in [3.05, 3.63) is 46.6 Å². The van der Waals surface area contributed by atoms with E-state index in [1.807, 2.05) is 0 Å². The second-order valence-electron chi connectivity index (χ2n) is 8.06. The van der Waals surface area contributed by atoms with Crippen molar-refractivity contribution in [3.63, 3.8) is 0 Å². The summed E-state index contributed by atoms with van der Waals surface area (Å²) in [6, 6.07) is 6.18. The van der Waals surface area contributed by atoms with E-state index >= 15 is 0 Å². The van der Waals surface area contributed by atoms with E-state index in [0.29, 0.717) is 31.7 Å². The molecule has 1 aliphatic carbocycles. The summed E-state index contributed by atoms with van der Waals surface area (Å²) in [5.74, 6) is 0.858. The van der Waals surface area contributed by atoms with Crippen molar-refractivity contribution in [2.75, 3.05) is 31.1 Å². The summed E-state index contributed by atoms with van der Waals surface area (Å²) in [4.78, 5) is 25.5. The molecule has 0 spiro atoms. The lowest BCUT2D eigenvalue weighted by molar-refractivity contribution is 0.101. The maximum atomic E-state index is 13.1. The van der Waals surface area contributed by atoms with Crippen LogP contribution < -0.4 is 4.90 Å². The van der Waals surface area contributed by atoms with Crippen molar-refractivity contribution in [1.82, 2.24) is 14.3 Å². The van der Waals surface area contributed by atoms with Crippen LogP contribution in [0.15, 0.2) is 35.5 Å². The summed E-state index contributed by atoms with van der Waals surface area (Å²) in [6.07, 6.45) is 6.23. The third kappa shape index (κ3) is 3.64. The minimum absolute atomic E-state index is 0.0793. The number of sulfonamides is 1. The zero-order valence-corrected chi connectivity index (χ0v) is 19.0. The maximum absolute atomic E-state index is 13.1. The number of rotatable bonds is 4. The Morgan fingerprint density at radius 1 is 1.00 bits per heavy atom. The number of Topliss-reactive ketones (excluding diaryl/α,β-unsaturated/α-hetero) is 1. The van der Waals surface area contributed by atoms with E-state index in [4.69, 9.17) is 0 Å². The largest absolute Gasteiger partial charge is 0.353 e. The zero-order chi connectivity index (χ0) is 21.6. The molecule has 2 aliphatic rings. The number of carbonyl (C=O) groups excluding carboxylic acids is 1. The van der Waals surface area contributed by atoms with Crippen LogP contribution >= 0.6 is 11.3 Å². The number of piperazine rings is 1. The smallest absolute Gasteiger partial charge is 0.243 e. The van der Waals surface area contributed by atoms with Crippen molar-refractivity contribution in [2.24, 2.45) is 0 Å². The Morgan fingerprint density at radius 2 is 1.71 bits per heavy atom. The van der Waals surface area contributed by atoms with Crippen molar-refractivity contribution in [2.45, 2.75) is 37.5 Å². The number of benzene rings is 1. The molecule has 1 saturated heterocycles. The molecular weight excluding hydrogens is 432 g/mol. The van der Waals surface area contributed by atoms with Gasteiger partial charge in [-0.3, -0.25) is 4.79 Å². The number of aryl methyl sites for hydroxylation is 2. The van der Waals surface area contributed by atoms with Crippen LogP contribution in [0.2, 0.25) is 0 Å². The summed E-state index contributed by atoms with van der Waals surface area (Å²) >= 11 is 1.78. The molecule has 3 heterocycles. The second kappa shape index (κ2) is 7.96. The normalized spacial score (nSPS) is 17.6. The van der Waals surface area contributed by atoms with E-state index in [1.165, 1.54) is 52.0 Å². The van der Waals surface area contributed by atoms with Crippen molar-refractivity contribution in [1.29, 1.82) is 0 Å². The fourth-order valence-electron chi connectivity index (χ4n) is 4.46. The molecule has 0 saturated carbocycles. The predicted molar refractivity (Wildman–Crippen MR) is 121 cm³/mol. The van der Waals surface area contributed by atoms with Gasteiger partial charge in [-0.2, -0.15) is 4.31 Å². The lowest BCUT2D eigenvalue weighted by Gasteiger charge is -2.35. The molecule has 3 aromatic rings. The first kappa shape index (κ1) is 20.5. The fraction of sp³-hybridized carbons (Fsp3) is 0.409. The van der Waals surface area contributed by atoms with Gasteiger partial charge in [0.05, 0.1) is 10.3 Å². The first-order chi connectivity index (χ1) is 14.9. The molecule has 0 radical (unpaired) electrons. The van der Waals surface area contributed by atoms with Crippen LogP contribution in [-0.2, 0) is 22.9 Å². The number of ketones is 1. The summed E-state index contributed by atoms with van der Waals surface area (Å²) in [6.45, 7) is 3.43. The molecule has 0 amide bonds. The molecule has 9 heteroatoms. The molecule has 1 aromatic carbocycles. The number of fused-ring (bicyclic) bond motifs is 3. The quantitative estimate of drug-likeness (QED) is 0.560. The van der Waals surface area contributed by atoms with Crippen LogP contribution in [0.3, 0.4) is 0 Å². The summed E-state index contributed by atoms with van der Waals surface area (Å²) in [5.41, 5.74) is 1.90. The summed E-state index contributed by atoms with van der Waals surface area (Å²) in [5, 5.41) is 1.17. The van der Waals surface area contributed by atoms with E-state index < -0.39 is 10.0 Å². The minimum Gasteiger partial charge on any atom is -0.353 e. The predicted octanol–water partition coefficient (Wildman–Crippen LogP) is 3.28. The Balaban J connectivity index is 1.37. The number of nitrogens with zero attached hydrogens (tertiary/aromatic N) is 4. The lowest BCUT2D eigenvalue weighted by Crippen LogP contribution is -2.49. The molecule has 31 heavy (non-hydrogen) atoms. The van der Waals surface area contributed by atoms with Crippen LogP contribution in [0.25, 0.3) is 10.2 Å². The Morgan fingerprint density at radius 3 is 2.42 bits per heavy atom. The molecular formula is C22H24N4O3S2. The van der Waals surface area contributed by atoms with Crippen molar-refractivity contribution >= 4 is 43.2 Å². The van der Waals surface area contributed by atoms with Gasteiger partial charge in [-0.05, 0) is 50.3 Å². The molecule has 2 aromatic heterocycles. The van der Waals surface area contributed by atoms with E-state index in [1.54, 1.807) is 29.8 Å². The molecule has 7 nitrogen and oxygen atoms in total. The average molecular weight is 457 g/mol. The summed E-state index contributed by atoms with van der Waals surface area (Å²) < 4.78 is 27.7. The van der Waals surface area contributed by atoms with Gasteiger partial charge < -0.3 is 4.90 Å². The maximum Gasteiger partial charge on any atom is 0.243 e. The highest BCUT2D eigenvalue weighted by Crippen LogP contribution is 2.39. The number of carbonyl (C=O) groups is 1. The van der Waals surface area contributed by atoms with Crippen molar-refractivity contribution < 1.29 is 13.2 Å². The first-order valence-electron chi connectivity index (χ1n) is 10.6. The number of anilines is 1. The van der Waals surface area contributed by atoms with Gasteiger partial charge in [0, 0.05) is 36.6 Å². The molecule has 0 bridgehead atoms. The number of hydrogen-bond acceptors (Lipinski definition) is 7.